The first kappa shape index (κ1) is 17.4. The number of benzene rings is 2. The van der Waals surface area contributed by atoms with Gasteiger partial charge < -0.3 is 9.64 Å². The number of rotatable bonds is 3. The lowest BCUT2D eigenvalue weighted by Gasteiger charge is -2.39. The SMILES string of the molecule is CN1C(=O)N(Cc2ccccc2F)C(=O)C2C1N=C1OC(c3ccccc3)=CN12. The van der Waals surface area contributed by atoms with Crippen LogP contribution in [0.5, 0.6) is 0 Å². The Kier molecular flexibility index (Phi) is 3.87. The highest BCUT2D eigenvalue weighted by Crippen LogP contribution is 2.35. The number of carbonyl (C=O) groups is 2. The molecule has 2 atom stereocenters. The lowest BCUT2D eigenvalue weighted by atomic mass is 10.1. The average Bonchev–Trinajstić information content (AvgIpc) is 3.30. The maximum absolute atomic E-state index is 14.1. The van der Waals surface area contributed by atoms with E-state index in [1.54, 1.807) is 36.3 Å². The molecule has 2 aromatic rings. The van der Waals surface area contributed by atoms with Crippen molar-refractivity contribution in [2.24, 2.45) is 4.99 Å². The second kappa shape index (κ2) is 6.44. The van der Waals surface area contributed by atoms with Crippen LogP contribution >= 0.6 is 0 Å². The van der Waals surface area contributed by atoms with Crippen LogP contribution in [0.1, 0.15) is 11.1 Å². The molecular weight excluding hydrogens is 375 g/mol. The Morgan fingerprint density at radius 2 is 1.79 bits per heavy atom. The van der Waals surface area contributed by atoms with Crippen LogP contribution in [0.4, 0.5) is 9.18 Å². The Bertz CT molecular complexity index is 1070. The van der Waals surface area contributed by atoms with Gasteiger partial charge in [0.1, 0.15) is 5.82 Å². The van der Waals surface area contributed by atoms with Gasteiger partial charge in [-0.15, -0.1) is 0 Å². The molecule has 0 aromatic heterocycles. The molecule has 2 aromatic carbocycles. The molecule has 0 N–H and O–H groups in total. The molecule has 2 unspecified atom stereocenters. The van der Waals surface area contributed by atoms with Crippen molar-refractivity contribution in [3.63, 3.8) is 0 Å². The zero-order chi connectivity index (χ0) is 20.1. The van der Waals surface area contributed by atoms with Gasteiger partial charge in [0.15, 0.2) is 18.0 Å². The Labute approximate surface area is 166 Å². The molecule has 3 aliphatic heterocycles. The number of hydrogen-bond donors (Lipinski definition) is 0. The maximum atomic E-state index is 14.1. The molecule has 3 aliphatic rings. The molecule has 1 saturated heterocycles. The van der Waals surface area contributed by atoms with Gasteiger partial charge in [-0.3, -0.25) is 14.6 Å². The summed E-state index contributed by atoms with van der Waals surface area (Å²) in [6, 6.07) is 14.6. The molecule has 3 amide bonds. The van der Waals surface area contributed by atoms with Crippen LogP contribution in [-0.4, -0.2) is 51.9 Å². The van der Waals surface area contributed by atoms with Gasteiger partial charge >= 0.3 is 6.03 Å². The number of aliphatic imine (C=N–C) groups is 1. The second-order valence-corrected chi connectivity index (χ2v) is 7.05. The van der Waals surface area contributed by atoms with Crippen LogP contribution in [-0.2, 0) is 16.1 Å². The van der Waals surface area contributed by atoms with Crippen LogP contribution in [0.25, 0.3) is 5.76 Å². The largest absolute Gasteiger partial charge is 0.423 e. The van der Waals surface area contributed by atoms with E-state index in [1.165, 1.54) is 11.0 Å². The molecule has 8 heteroatoms. The first-order valence-electron chi connectivity index (χ1n) is 9.17. The minimum absolute atomic E-state index is 0.142. The van der Waals surface area contributed by atoms with Crippen molar-refractivity contribution in [1.82, 2.24) is 14.7 Å². The number of amides is 3. The smallest absolute Gasteiger partial charge is 0.328 e. The van der Waals surface area contributed by atoms with E-state index in [0.717, 1.165) is 10.5 Å². The summed E-state index contributed by atoms with van der Waals surface area (Å²) < 4.78 is 19.9. The van der Waals surface area contributed by atoms with Gasteiger partial charge in [-0.25, -0.2) is 14.2 Å². The van der Waals surface area contributed by atoms with E-state index in [9.17, 15) is 14.0 Å². The predicted molar refractivity (Wildman–Crippen MR) is 102 cm³/mol. The molecule has 0 aliphatic carbocycles. The number of fused-ring (bicyclic) bond motifs is 3. The zero-order valence-corrected chi connectivity index (χ0v) is 15.5. The van der Waals surface area contributed by atoms with Crippen molar-refractivity contribution >= 4 is 23.7 Å². The second-order valence-electron chi connectivity index (χ2n) is 7.05. The molecule has 0 radical (unpaired) electrons. The number of amidine groups is 1. The van der Waals surface area contributed by atoms with Crippen LogP contribution in [0.15, 0.2) is 65.8 Å². The van der Waals surface area contributed by atoms with Gasteiger partial charge in [0, 0.05) is 18.2 Å². The van der Waals surface area contributed by atoms with Gasteiger partial charge in [0.25, 0.3) is 11.9 Å². The van der Waals surface area contributed by atoms with Crippen molar-refractivity contribution < 1.29 is 18.7 Å². The fourth-order valence-electron chi connectivity index (χ4n) is 3.76. The van der Waals surface area contributed by atoms with Crippen molar-refractivity contribution in [1.29, 1.82) is 0 Å². The van der Waals surface area contributed by atoms with Crippen LogP contribution < -0.4 is 0 Å². The van der Waals surface area contributed by atoms with E-state index in [1.807, 2.05) is 30.3 Å². The summed E-state index contributed by atoms with van der Waals surface area (Å²) in [5, 5.41) is 0. The summed E-state index contributed by atoms with van der Waals surface area (Å²) in [4.78, 5) is 34.5. The first-order chi connectivity index (χ1) is 14.0. The highest BCUT2D eigenvalue weighted by molar-refractivity contribution is 6.04. The topological polar surface area (TPSA) is 65.5 Å². The Hall–Kier alpha value is -3.68. The Morgan fingerprint density at radius 3 is 2.55 bits per heavy atom. The van der Waals surface area contributed by atoms with E-state index >= 15 is 0 Å². The number of imide groups is 1. The molecule has 0 bridgehead atoms. The Balaban J connectivity index is 1.46. The van der Waals surface area contributed by atoms with E-state index in [-0.39, 0.29) is 18.1 Å². The number of hydrogen-bond acceptors (Lipinski definition) is 5. The first-order valence-corrected chi connectivity index (χ1v) is 9.17. The number of urea groups is 1. The third-order valence-corrected chi connectivity index (χ3v) is 5.30. The summed E-state index contributed by atoms with van der Waals surface area (Å²) >= 11 is 0. The number of nitrogens with zero attached hydrogens (tertiary/aromatic N) is 4. The lowest BCUT2D eigenvalue weighted by Crippen LogP contribution is -2.63. The van der Waals surface area contributed by atoms with Crippen LogP contribution in [0.2, 0.25) is 0 Å². The lowest BCUT2D eigenvalue weighted by molar-refractivity contribution is -0.137. The third kappa shape index (κ3) is 2.67. The molecule has 29 heavy (non-hydrogen) atoms. The maximum Gasteiger partial charge on any atom is 0.328 e. The number of ether oxygens (including phenoxy) is 1. The van der Waals surface area contributed by atoms with Crippen LogP contribution in [0.3, 0.4) is 0 Å². The van der Waals surface area contributed by atoms with E-state index < -0.39 is 30.0 Å². The molecule has 5 rings (SSSR count). The molecule has 7 nitrogen and oxygen atoms in total. The molecule has 146 valence electrons. The fourth-order valence-corrected chi connectivity index (χ4v) is 3.76. The average molecular weight is 392 g/mol. The van der Waals surface area contributed by atoms with Gasteiger partial charge in [-0.1, -0.05) is 48.5 Å². The quantitative estimate of drug-likeness (QED) is 0.806. The summed E-state index contributed by atoms with van der Waals surface area (Å²) in [5.74, 6) is -0.318. The van der Waals surface area contributed by atoms with Crippen molar-refractivity contribution in [2.75, 3.05) is 7.05 Å². The van der Waals surface area contributed by atoms with Gasteiger partial charge in [0.05, 0.1) is 12.7 Å². The van der Waals surface area contributed by atoms with Crippen molar-refractivity contribution in [3.05, 3.63) is 77.7 Å². The highest BCUT2D eigenvalue weighted by Gasteiger charge is 2.54. The minimum atomic E-state index is -0.749. The standard InChI is InChI=1S/C21H17FN4O3/c1-24-18-17(19(27)26(21(24)28)11-14-9-5-6-10-15(14)22)25-12-16(29-20(25)23-18)13-7-3-2-4-8-13/h2-10,12,17-18H,11H2,1H3. The molecule has 0 spiro atoms. The van der Waals surface area contributed by atoms with Crippen LogP contribution in [0, 0.1) is 5.82 Å². The molecule has 3 heterocycles. The number of halogens is 1. The normalized spacial score (nSPS) is 22.9. The molecular formula is C21H17FN4O3. The van der Waals surface area contributed by atoms with Gasteiger partial charge in [-0.05, 0) is 6.07 Å². The zero-order valence-electron chi connectivity index (χ0n) is 15.5. The molecule has 1 fully saturated rings. The van der Waals surface area contributed by atoms with Gasteiger partial charge in [-0.2, -0.15) is 0 Å². The molecule has 0 saturated carbocycles. The fraction of sp³-hybridized carbons (Fsp3) is 0.190. The monoisotopic (exact) mass is 392 g/mol. The highest BCUT2D eigenvalue weighted by atomic mass is 19.1. The summed E-state index contributed by atoms with van der Waals surface area (Å²) in [7, 11) is 1.58. The summed E-state index contributed by atoms with van der Waals surface area (Å²) in [6.07, 6.45) is 1.04. The summed E-state index contributed by atoms with van der Waals surface area (Å²) in [6.45, 7) is -0.142. The third-order valence-electron chi connectivity index (χ3n) is 5.30. The van der Waals surface area contributed by atoms with E-state index in [2.05, 4.69) is 4.99 Å². The van der Waals surface area contributed by atoms with Crippen molar-refractivity contribution in [3.8, 4) is 0 Å². The number of carbonyl (C=O) groups excluding carboxylic acids is 2. The minimum Gasteiger partial charge on any atom is -0.423 e. The Morgan fingerprint density at radius 1 is 1.07 bits per heavy atom. The predicted octanol–water partition coefficient (Wildman–Crippen LogP) is 2.61. The number of likely N-dealkylation sites (N-methyl/N-ethyl adjacent to an activating group) is 1. The van der Waals surface area contributed by atoms with E-state index in [0.29, 0.717) is 5.76 Å². The summed E-state index contributed by atoms with van der Waals surface area (Å²) in [5.41, 5.74) is 1.13. The van der Waals surface area contributed by atoms with E-state index in [4.69, 9.17) is 4.74 Å². The van der Waals surface area contributed by atoms with Crippen molar-refractivity contribution in [2.45, 2.75) is 18.8 Å². The van der Waals surface area contributed by atoms with Gasteiger partial charge in [0.2, 0.25) is 0 Å².